The molecule has 1 heteroatoms. The van der Waals surface area contributed by atoms with Crippen molar-refractivity contribution in [1.29, 1.82) is 0 Å². The van der Waals surface area contributed by atoms with Crippen LogP contribution in [-0.4, -0.2) is 6.61 Å². The first-order valence-electron chi connectivity index (χ1n) is 6.87. The van der Waals surface area contributed by atoms with Gasteiger partial charge in [-0.2, -0.15) is 0 Å². The lowest BCUT2D eigenvalue weighted by Crippen LogP contribution is -2.28. The lowest BCUT2D eigenvalue weighted by molar-refractivity contribution is -0.380. The standard InChI is InChI=1S/C14H25O/c1-11-2-6-13(7-3-11)14-8-4-12(10-15)5-9-14/h11-14H,2-10H2,1H3/q-1. The van der Waals surface area contributed by atoms with Crippen molar-refractivity contribution >= 4 is 0 Å². The molecule has 2 saturated carbocycles. The van der Waals surface area contributed by atoms with Gasteiger partial charge in [0.1, 0.15) is 0 Å². The van der Waals surface area contributed by atoms with Crippen LogP contribution in [0.3, 0.4) is 0 Å². The van der Waals surface area contributed by atoms with Gasteiger partial charge in [-0.15, -0.1) is 6.61 Å². The van der Waals surface area contributed by atoms with E-state index in [1.807, 2.05) is 0 Å². The van der Waals surface area contributed by atoms with Crippen LogP contribution in [0, 0.1) is 23.7 Å². The summed E-state index contributed by atoms with van der Waals surface area (Å²) in [6.45, 7) is 2.57. The summed E-state index contributed by atoms with van der Waals surface area (Å²) in [7, 11) is 0. The molecular formula is C14H25O-. The summed E-state index contributed by atoms with van der Waals surface area (Å²) in [5.41, 5.74) is 0. The molecule has 0 atom stereocenters. The Balaban J connectivity index is 1.75. The highest BCUT2D eigenvalue weighted by molar-refractivity contribution is 4.80. The largest absolute Gasteiger partial charge is 0.854 e. The van der Waals surface area contributed by atoms with E-state index in [0.29, 0.717) is 5.92 Å². The van der Waals surface area contributed by atoms with Gasteiger partial charge in [-0.3, -0.25) is 0 Å². The van der Waals surface area contributed by atoms with Gasteiger partial charge in [0.05, 0.1) is 0 Å². The maximum Gasteiger partial charge on any atom is -0.0386 e. The zero-order chi connectivity index (χ0) is 10.7. The molecule has 0 saturated heterocycles. The van der Waals surface area contributed by atoms with Crippen LogP contribution in [0.25, 0.3) is 0 Å². The van der Waals surface area contributed by atoms with Crippen molar-refractivity contribution in [3.63, 3.8) is 0 Å². The molecule has 0 bridgehead atoms. The Morgan fingerprint density at radius 3 is 1.73 bits per heavy atom. The van der Waals surface area contributed by atoms with Crippen LogP contribution in [-0.2, 0) is 0 Å². The van der Waals surface area contributed by atoms with Gasteiger partial charge >= 0.3 is 0 Å². The highest BCUT2D eigenvalue weighted by Gasteiger charge is 2.28. The topological polar surface area (TPSA) is 23.1 Å². The minimum atomic E-state index is 0.175. The zero-order valence-corrected chi connectivity index (χ0v) is 10.1. The average Bonchev–Trinajstić information content (AvgIpc) is 2.30. The van der Waals surface area contributed by atoms with Gasteiger partial charge < -0.3 is 5.11 Å². The van der Waals surface area contributed by atoms with Crippen LogP contribution in [0.5, 0.6) is 0 Å². The summed E-state index contributed by atoms with van der Waals surface area (Å²) < 4.78 is 0. The van der Waals surface area contributed by atoms with Crippen molar-refractivity contribution < 1.29 is 5.11 Å². The Morgan fingerprint density at radius 1 is 0.800 bits per heavy atom. The summed E-state index contributed by atoms with van der Waals surface area (Å²) in [4.78, 5) is 0. The molecule has 2 fully saturated rings. The molecule has 2 rings (SSSR count). The van der Waals surface area contributed by atoms with E-state index < -0.39 is 0 Å². The fourth-order valence-electron chi connectivity index (χ4n) is 3.58. The molecule has 0 heterocycles. The van der Waals surface area contributed by atoms with Crippen molar-refractivity contribution in [3.8, 4) is 0 Å². The lowest BCUT2D eigenvalue weighted by Gasteiger charge is -2.38. The molecule has 0 amide bonds. The van der Waals surface area contributed by atoms with Crippen LogP contribution >= 0.6 is 0 Å². The average molecular weight is 209 g/mol. The van der Waals surface area contributed by atoms with Gasteiger partial charge in [-0.05, 0) is 43.4 Å². The molecule has 2 aliphatic carbocycles. The van der Waals surface area contributed by atoms with E-state index in [1.54, 1.807) is 0 Å². The number of hydrogen-bond donors (Lipinski definition) is 0. The molecule has 0 N–H and O–H groups in total. The normalized spacial score (nSPS) is 42.8. The van der Waals surface area contributed by atoms with Gasteiger partial charge in [0.15, 0.2) is 0 Å². The molecule has 15 heavy (non-hydrogen) atoms. The number of rotatable bonds is 2. The van der Waals surface area contributed by atoms with Crippen molar-refractivity contribution in [1.82, 2.24) is 0 Å². The van der Waals surface area contributed by atoms with E-state index in [4.69, 9.17) is 0 Å². The van der Waals surface area contributed by atoms with Crippen LogP contribution in [0.2, 0.25) is 0 Å². The second-order valence-electron chi connectivity index (χ2n) is 5.97. The first kappa shape index (κ1) is 11.4. The summed E-state index contributed by atoms with van der Waals surface area (Å²) in [5, 5.41) is 10.8. The van der Waals surface area contributed by atoms with E-state index in [9.17, 15) is 5.11 Å². The summed E-state index contributed by atoms with van der Waals surface area (Å²) >= 11 is 0. The molecule has 0 spiro atoms. The molecule has 0 aromatic carbocycles. The van der Waals surface area contributed by atoms with Crippen LogP contribution in [0.15, 0.2) is 0 Å². The molecular weight excluding hydrogens is 184 g/mol. The second kappa shape index (κ2) is 5.34. The Hall–Kier alpha value is -0.0400. The van der Waals surface area contributed by atoms with Gasteiger partial charge in [-0.1, -0.05) is 38.5 Å². The van der Waals surface area contributed by atoms with E-state index in [-0.39, 0.29) is 6.61 Å². The molecule has 88 valence electrons. The summed E-state index contributed by atoms with van der Waals surface area (Å²) in [6, 6.07) is 0. The third kappa shape index (κ3) is 2.96. The highest BCUT2D eigenvalue weighted by Crippen LogP contribution is 2.40. The predicted octanol–water partition coefficient (Wildman–Crippen LogP) is 2.98. The van der Waals surface area contributed by atoms with Crippen molar-refractivity contribution in [2.75, 3.05) is 6.61 Å². The van der Waals surface area contributed by atoms with Gasteiger partial charge in [0.25, 0.3) is 0 Å². The van der Waals surface area contributed by atoms with Gasteiger partial charge in [0, 0.05) is 0 Å². The highest BCUT2D eigenvalue weighted by atomic mass is 16.3. The SMILES string of the molecule is CC1CCC(C2CCC(C[O-])CC2)CC1. The molecule has 0 aromatic heterocycles. The quantitative estimate of drug-likeness (QED) is 0.685. The molecule has 0 unspecified atom stereocenters. The Kier molecular flexibility index (Phi) is 4.07. The summed E-state index contributed by atoms with van der Waals surface area (Å²) in [5.74, 6) is 3.47. The Labute approximate surface area is 94.3 Å². The fraction of sp³-hybridized carbons (Fsp3) is 1.00. The van der Waals surface area contributed by atoms with Gasteiger partial charge in [0.2, 0.25) is 0 Å². The number of hydrogen-bond acceptors (Lipinski definition) is 1. The Bertz CT molecular complexity index is 174. The maximum absolute atomic E-state index is 10.8. The first-order chi connectivity index (χ1) is 7.29. The van der Waals surface area contributed by atoms with Crippen molar-refractivity contribution in [2.45, 2.75) is 58.3 Å². The second-order valence-corrected chi connectivity index (χ2v) is 5.97. The minimum Gasteiger partial charge on any atom is -0.854 e. The lowest BCUT2D eigenvalue weighted by atomic mass is 9.69. The molecule has 2 aliphatic rings. The monoisotopic (exact) mass is 209 g/mol. The van der Waals surface area contributed by atoms with Crippen LogP contribution in [0.4, 0.5) is 0 Å². The zero-order valence-electron chi connectivity index (χ0n) is 10.1. The molecule has 0 aromatic rings. The molecule has 0 aliphatic heterocycles. The van der Waals surface area contributed by atoms with Gasteiger partial charge in [-0.25, -0.2) is 0 Å². The van der Waals surface area contributed by atoms with E-state index in [1.165, 1.54) is 51.4 Å². The Morgan fingerprint density at radius 2 is 1.27 bits per heavy atom. The fourth-order valence-corrected chi connectivity index (χ4v) is 3.58. The molecule has 0 radical (unpaired) electrons. The molecule has 1 nitrogen and oxygen atoms in total. The smallest absolute Gasteiger partial charge is 0.0386 e. The maximum atomic E-state index is 10.8. The van der Waals surface area contributed by atoms with E-state index in [2.05, 4.69) is 6.92 Å². The third-order valence-corrected chi connectivity index (χ3v) is 4.85. The third-order valence-electron chi connectivity index (χ3n) is 4.85. The van der Waals surface area contributed by atoms with Crippen molar-refractivity contribution in [3.05, 3.63) is 0 Å². The van der Waals surface area contributed by atoms with Crippen LogP contribution < -0.4 is 5.11 Å². The van der Waals surface area contributed by atoms with Crippen LogP contribution in [0.1, 0.15) is 58.3 Å². The minimum absolute atomic E-state index is 0.175. The predicted molar refractivity (Wildman–Crippen MR) is 61.4 cm³/mol. The van der Waals surface area contributed by atoms with E-state index >= 15 is 0 Å². The summed E-state index contributed by atoms with van der Waals surface area (Å²) in [6.07, 6.45) is 11.0. The van der Waals surface area contributed by atoms with Crippen molar-refractivity contribution in [2.24, 2.45) is 23.7 Å². The first-order valence-corrected chi connectivity index (χ1v) is 6.87. The van der Waals surface area contributed by atoms with E-state index in [0.717, 1.165) is 17.8 Å².